The quantitative estimate of drug-likeness (QED) is 0.697. The molecular weight excluding hydrogens is 166 g/mol. The highest BCUT2D eigenvalue weighted by Crippen LogP contribution is 2.61. The maximum atomic E-state index is 10.5. The molecule has 1 aliphatic rings. The Morgan fingerprint density at radius 3 is 2.46 bits per heavy atom. The van der Waals surface area contributed by atoms with E-state index in [9.17, 15) is 4.79 Å². The topological polar surface area (TPSA) is 63.3 Å². The summed E-state index contributed by atoms with van der Waals surface area (Å²) in [6, 6.07) is 0.183. The number of carbonyl (C=O) groups is 1. The molecule has 0 aromatic rings. The summed E-state index contributed by atoms with van der Waals surface area (Å²) >= 11 is 0. The predicted molar refractivity (Wildman–Crippen MR) is 51.3 cm³/mol. The largest absolute Gasteiger partial charge is 0.481 e. The molecule has 3 nitrogen and oxygen atoms in total. The number of rotatable bonds is 4. The van der Waals surface area contributed by atoms with Crippen LogP contribution < -0.4 is 5.73 Å². The predicted octanol–water partition coefficient (Wildman–Crippen LogP) is 1.47. The van der Waals surface area contributed by atoms with Gasteiger partial charge in [0, 0.05) is 12.5 Å². The minimum absolute atomic E-state index is 0.183. The highest BCUT2D eigenvalue weighted by Gasteiger charge is 2.57. The highest BCUT2D eigenvalue weighted by atomic mass is 16.4. The van der Waals surface area contributed by atoms with Crippen LogP contribution in [0.1, 0.15) is 33.6 Å². The maximum absolute atomic E-state index is 10.5. The van der Waals surface area contributed by atoms with E-state index in [0.29, 0.717) is 18.3 Å². The lowest BCUT2D eigenvalue weighted by molar-refractivity contribution is -0.137. The van der Waals surface area contributed by atoms with Crippen molar-refractivity contribution in [3.63, 3.8) is 0 Å². The molecule has 1 aliphatic carbocycles. The molecule has 0 aromatic heterocycles. The summed E-state index contributed by atoms with van der Waals surface area (Å²) in [6.07, 6.45) is 1.25. The first-order valence-corrected chi connectivity index (χ1v) is 4.83. The second-order valence-corrected chi connectivity index (χ2v) is 4.85. The standard InChI is InChI=1S/C10H19NO2/c1-6(11)4-7-8(5-9(12)13)10(7,2)3/h6-8H,4-5,11H2,1-3H3,(H,12,13)/t6-,7+,8-/m1/s1. The molecule has 0 bridgehead atoms. The van der Waals surface area contributed by atoms with Gasteiger partial charge in [0.2, 0.25) is 0 Å². The molecule has 0 unspecified atom stereocenters. The normalized spacial score (nSPS) is 32.6. The van der Waals surface area contributed by atoms with Crippen LogP contribution in [-0.4, -0.2) is 17.1 Å². The van der Waals surface area contributed by atoms with E-state index in [1.165, 1.54) is 0 Å². The van der Waals surface area contributed by atoms with Gasteiger partial charge in [-0.05, 0) is 30.6 Å². The Morgan fingerprint density at radius 1 is 1.54 bits per heavy atom. The van der Waals surface area contributed by atoms with E-state index in [-0.39, 0.29) is 11.5 Å². The van der Waals surface area contributed by atoms with Crippen molar-refractivity contribution in [2.24, 2.45) is 23.0 Å². The molecular formula is C10H19NO2. The highest BCUT2D eigenvalue weighted by molar-refractivity contribution is 5.67. The first-order valence-electron chi connectivity index (χ1n) is 4.83. The summed E-state index contributed by atoms with van der Waals surface area (Å²) in [5, 5.41) is 8.68. The number of hydrogen-bond acceptors (Lipinski definition) is 2. The van der Waals surface area contributed by atoms with Gasteiger partial charge in [-0.2, -0.15) is 0 Å². The van der Waals surface area contributed by atoms with Crippen molar-refractivity contribution in [2.45, 2.75) is 39.7 Å². The van der Waals surface area contributed by atoms with Gasteiger partial charge in [-0.15, -0.1) is 0 Å². The van der Waals surface area contributed by atoms with Crippen LogP contribution >= 0.6 is 0 Å². The minimum Gasteiger partial charge on any atom is -0.481 e. The molecule has 0 spiro atoms. The number of hydrogen-bond donors (Lipinski definition) is 2. The van der Waals surface area contributed by atoms with Gasteiger partial charge < -0.3 is 10.8 Å². The Labute approximate surface area is 79.3 Å². The van der Waals surface area contributed by atoms with E-state index in [1.54, 1.807) is 0 Å². The summed E-state index contributed by atoms with van der Waals surface area (Å²) in [7, 11) is 0. The molecule has 0 aromatic carbocycles. The van der Waals surface area contributed by atoms with E-state index in [4.69, 9.17) is 10.8 Å². The molecule has 0 aliphatic heterocycles. The van der Waals surface area contributed by atoms with E-state index in [2.05, 4.69) is 13.8 Å². The zero-order chi connectivity index (χ0) is 10.2. The molecule has 0 radical (unpaired) electrons. The Morgan fingerprint density at radius 2 is 2.08 bits per heavy atom. The first-order chi connectivity index (χ1) is 5.85. The van der Waals surface area contributed by atoms with Crippen molar-refractivity contribution >= 4 is 5.97 Å². The SMILES string of the molecule is C[C@@H](N)C[C@H]1[C@@H](CC(=O)O)C1(C)C. The zero-order valence-electron chi connectivity index (χ0n) is 8.58. The lowest BCUT2D eigenvalue weighted by Crippen LogP contribution is -2.16. The molecule has 1 rings (SSSR count). The van der Waals surface area contributed by atoms with Crippen LogP contribution in [0, 0.1) is 17.3 Å². The lowest BCUT2D eigenvalue weighted by Gasteiger charge is -2.05. The van der Waals surface area contributed by atoms with Crippen molar-refractivity contribution in [3.8, 4) is 0 Å². The third kappa shape index (κ3) is 2.21. The van der Waals surface area contributed by atoms with E-state index >= 15 is 0 Å². The fraction of sp³-hybridized carbons (Fsp3) is 0.900. The Kier molecular flexibility index (Phi) is 2.66. The zero-order valence-corrected chi connectivity index (χ0v) is 8.58. The minimum atomic E-state index is -0.690. The van der Waals surface area contributed by atoms with Crippen molar-refractivity contribution in [3.05, 3.63) is 0 Å². The Hall–Kier alpha value is -0.570. The number of nitrogens with two attached hydrogens (primary N) is 1. The second-order valence-electron chi connectivity index (χ2n) is 4.85. The van der Waals surface area contributed by atoms with Crippen LogP contribution in [0.2, 0.25) is 0 Å². The Bertz CT molecular complexity index is 211. The molecule has 0 saturated heterocycles. The summed E-state index contributed by atoms with van der Waals surface area (Å²) in [5.41, 5.74) is 5.89. The second kappa shape index (κ2) is 3.29. The molecule has 1 fully saturated rings. The van der Waals surface area contributed by atoms with Gasteiger partial charge in [0.25, 0.3) is 0 Å². The Balaban J connectivity index is 2.46. The molecule has 0 heterocycles. The molecule has 3 N–H and O–H groups in total. The van der Waals surface area contributed by atoms with Gasteiger partial charge in [0.15, 0.2) is 0 Å². The van der Waals surface area contributed by atoms with E-state index in [0.717, 1.165) is 6.42 Å². The van der Waals surface area contributed by atoms with Crippen LogP contribution in [0.4, 0.5) is 0 Å². The summed E-state index contributed by atoms with van der Waals surface area (Å²) in [5.74, 6) is 0.143. The smallest absolute Gasteiger partial charge is 0.303 e. The fourth-order valence-corrected chi connectivity index (χ4v) is 2.32. The van der Waals surface area contributed by atoms with Gasteiger partial charge in [0.05, 0.1) is 0 Å². The molecule has 0 amide bonds. The molecule has 3 heteroatoms. The summed E-state index contributed by atoms with van der Waals surface area (Å²) in [6.45, 7) is 6.24. The van der Waals surface area contributed by atoms with Crippen LogP contribution in [0.25, 0.3) is 0 Å². The third-order valence-corrected chi connectivity index (χ3v) is 3.31. The van der Waals surface area contributed by atoms with E-state index in [1.807, 2.05) is 6.92 Å². The van der Waals surface area contributed by atoms with E-state index < -0.39 is 5.97 Å². The number of aliphatic carboxylic acids is 1. The number of carboxylic acid groups (broad SMARTS) is 1. The van der Waals surface area contributed by atoms with Gasteiger partial charge in [0.1, 0.15) is 0 Å². The lowest BCUT2D eigenvalue weighted by atomic mass is 10.0. The van der Waals surface area contributed by atoms with Crippen molar-refractivity contribution in [2.75, 3.05) is 0 Å². The fourth-order valence-electron chi connectivity index (χ4n) is 2.32. The third-order valence-electron chi connectivity index (χ3n) is 3.31. The maximum Gasteiger partial charge on any atom is 0.303 e. The molecule has 3 atom stereocenters. The monoisotopic (exact) mass is 185 g/mol. The first kappa shape index (κ1) is 10.5. The van der Waals surface area contributed by atoms with Crippen LogP contribution in [-0.2, 0) is 4.79 Å². The van der Waals surface area contributed by atoms with Crippen LogP contribution in [0.15, 0.2) is 0 Å². The van der Waals surface area contributed by atoms with Crippen molar-refractivity contribution in [1.29, 1.82) is 0 Å². The molecule has 1 saturated carbocycles. The average Bonchev–Trinajstić information content (AvgIpc) is 2.36. The van der Waals surface area contributed by atoms with Crippen molar-refractivity contribution < 1.29 is 9.90 Å². The average molecular weight is 185 g/mol. The van der Waals surface area contributed by atoms with Crippen molar-refractivity contribution in [1.82, 2.24) is 0 Å². The summed E-state index contributed by atoms with van der Waals surface area (Å²) in [4.78, 5) is 10.5. The molecule has 76 valence electrons. The van der Waals surface area contributed by atoms with Crippen LogP contribution in [0.3, 0.4) is 0 Å². The van der Waals surface area contributed by atoms with Gasteiger partial charge >= 0.3 is 5.97 Å². The van der Waals surface area contributed by atoms with Gasteiger partial charge in [-0.1, -0.05) is 13.8 Å². The summed E-state index contributed by atoms with van der Waals surface area (Å²) < 4.78 is 0. The number of carboxylic acids is 1. The molecule has 13 heavy (non-hydrogen) atoms. The van der Waals surface area contributed by atoms with Gasteiger partial charge in [-0.25, -0.2) is 0 Å². The van der Waals surface area contributed by atoms with Gasteiger partial charge in [-0.3, -0.25) is 4.79 Å². The van der Waals surface area contributed by atoms with Crippen LogP contribution in [0.5, 0.6) is 0 Å².